The van der Waals surface area contributed by atoms with Crippen LogP contribution in [0.25, 0.3) is 0 Å². The summed E-state index contributed by atoms with van der Waals surface area (Å²) < 4.78 is 27.4. The molecule has 0 heterocycles. The van der Waals surface area contributed by atoms with Crippen LogP contribution in [0.1, 0.15) is 39.2 Å². The van der Waals surface area contributed by atoms with E-state index in [1.54, 1.807) is 16.4 Å². The highest BCUT2D eigenvalue weighted by Crippen LogP contribution is 2.32. The van der Waals surface area contributed by atoms with Crippen LogP contribution in [0.15, 0.2) is 29.2 Å². The van der Waals surface area contributed by atoms with E-state index >= 15 is 0 Å². The van der Waals surface area contributed by atoms with Crippen LogP contribution in [0.3, 0.4) is 0 Å². The first-order valence-corrected chi connectivity index (χ1v) is 9.20. The number of nitrogens with one attached hydrogen (secondary N) is 1. The fourth-order valence-electron chi connectivity index (χ4n) is 2.34. The van der Waals surface area contributed by atoms with Gasteiger partial charge in [0.25, 0.3) is 0 Å². The van der Waals surface area contributed by atoms with Crippen LogP contribution in [-0.4, -0.2) is 31.9 Å². The van der Waals surface area contributed by atoms with Crippen molar-refractivity contribution < 1.29 is 8.42 Å². The van der Waals surface area contributed by atoms with E-state index in [1.165, 1.54) is 0 Å². The summed E-state index contributed by atoms with van der Waals surface area (Å²) in [6.07, 6.45) is 2.31. The van der Waals surface area contributed by atoms with Crippen molar-refractivity contribution >= 4 is 10.0 Å². The summed E-state index contributed by atoms with van der Waals surface area (Å²) in [6, 6.07) is 7.65. The molecule has 0 spiro atoms. The number of benzene rings is 1. The molecule has 4 nitrogen and oxygen atoms in total. The molecule has 0 unspecified atom stereocenters. The zero-order chi connectivity index (χ0) is 15.5. The summed E-state index contributed by atoms with van der Waals surface area (Å²) >= 11 is 0. The van der Waals surface area contributed by atoms with Gasteiger partial charge >= 0.3 is 0 Å². The number of nitrogens with zero attached hydrogens (tertiary/aromatic N) is 1. The Morgan fingerprint density at radius 3 is 2.52 bits per heavy atom. The molecule has 118 valence electrons. The lowest BCUT2D eigenvalue weighted by molar-refractivity contribution is 0.411. The van der Waals surface area contributed by atoms with Gasteiger partial charge in [0.05, 0.1) is 4.90 Å². The van der Waals surface area contributed by atoms with Crippen LogP contribution >= 0.6 is 0 Å². The summed E-state index contributed by atoms with van der Waals surface area (Å²) in [5, 5.41) is 3.30. The number of sulfonamides is 1. The van der Waals surface area contributed by atoms with E-state index in [0.29, 0.717) is 36.5 Å². The molecule has 0 bridgehead atoms. The maximum Gasteiger partial charge on any atom is 0.243 e. The molecule has 1 aliphatic rings. The van der Waals surface area contributed by atoms with Crippen LogP contribution in [0.5, 0.6) is 0 Å². The van der Waals surface area contributed by atoms with Crippen LogP contribution in [-0.2, 0) is 16.6 Å². The Hall–Kier alpha value is -0.910. The highest BCUT2D eigenvalue weighted by molar-refractivity contribution is 7.89. The predicted molar refractivity (Wildman–Crippen MR) is 85.6 cm³/mol. The molecule has 0 aromatic heterocycles. The Kier molecular flexibility index (Phi) is 5.41. The second-order valence-corrected chi connectivity index (χ2v) is 7.95. The van der Waals surface area contributed by atoms with Crippen LogP contribution in [0.4, 0.5) is 0 Å². The second-order valence-electron chi connectivity index (χ2n) is 6.04. The summed E-state index contributed by atoms with van der Waals surface area (Å²) in [4.78, 5) is 0.445. The van der Waals surface area contributed by atoms with Gasteiger partial charge in [0.2, 0.25) is 10.0 Å². The lowest BCUT2D eigenvalue weighted by Gasteiger charge is -2.22. The van der Waals surface area contributed by atoms with Crippen LogP contribution in [0, 0.1) is 5.92 Å². The Bertz CT molecular complexity index is 565. The third-order valence-corrected chi connectivity index (χ3v) is 5.84. The van der Waals surface area contributed by atoms with E-state index < -0.39 is 10.0 Å². The first-order chi connectivity index (χ1) is 9.95. The molecule has 1 N–H and O–H groups in total. The van der Waals surface area contributed by atoms with Gasteiger partial charge in [-0.05, 0) is 30.4 Å². The maximum atomic E-state index is 12.9. The largest absolute Gasteiger partial charge is 0.310 e. The van der Waals surface area contributed by atoms with E-state index in [0.717, 1.165) is 18.4 Å². The van der Waals surface area contributed by atoms with Crippen molar-refractivity contribution in [1.82, 2.24) is 9.62 Å². The Labute approximate surface area is 128 Å². The van der Waals surface area contributed by atoms with E-state index in [2.05, 4.69) is 19.2 Å². The molecule has 1 aliphatic carbocycles. The lowest BCUT2D eigenvalue weighted by atomic mass is 10.2. The standard InChI is InChI=1S/C16H26N2O2S/c1-4-18(12-14-9-10-14)21(19,20)16-8-6-5-7-15(16)11-17-13(2)3/h5-8,13-14,17H,4,9-12H2,1-3H3. The van der Waals surface area contributed by atoms with Gasteiger partial charge in [-0.25, -0.2) is 8.42 Å². The van der Waals surface area contributed by atoms with Crippen molar-refractivity contribution in [3.8, 4) is 0 Å². The lowest BCUT2D eigenvalue weighted by Crippen LogP contribution is -2.34. The second kappa shape index (κ2) is 6.90. The minimum atomic E-state index is -3.39. The number of hydrogen-bond acceptors (Lipinski definition) is 3. The molecule has 21 heavy (non-hydrogen) atoms. The van der Waals surface area contributed by atoms with Crippen molar-refractivity contribution in [3.05, 3.63) is 29.8 Å². The zero-order valence-corrected chi connectivity index (χ0v) is 14.0. The topological polar surface area (TPSA) is 49.4 Å². The minimum Gasteiger partial charge on any atom is -0.310 e. The third-order valence-electron chi connectivity index (χ3n) is 3.80. The minimum absolute atomic E-state index is 0.328. The van der Waals surface area contributed by atoms with Crippen molar-refractivity contribution in [1.29, 1.82) is 0 Å². The van der Waals surface area contributed by atoms with E-state index in [-0.39, 0.29) is 0 Å². The molecule has 1 fully saturated rings. The number of hydrogen-bond donors (Lipinski definition) is 1. The van der Waals surface area contributed by atoms with Crippen LogP contribution in [0.2, 0.25) is 0 Å². The predicted octanol–water partition coefficient (Wildman–Crippen LogP) is 2.61. The van der Waals surface area contributed by atoms with Gasteiger partial charge in [-0.15, -0.1) is 0 Å². The Balaban J connectivity index is 2.25. The fourth-order valence-corrected chi connectivity index (χ4v) is 4.09. The van der Waals surface area contributed by atoms with Crippen molar-refractivity contribution in [2.24, 2.45) is 5.92 Å². The van der Waals surface area contributed by atoms with E-state index in [1.807, 2.05) is 19.1 Å². The average molecular weight is 310 g/mol. The average Bonchev–Trinajstić information content (AvgIpc) is 3.26. The monoisotopic (exact) mass is 310 g/mol. The summed E-state index contributed by atoms with van der Waals surface area (Å²) in [7, 11) is -3.39. The van der Waals surface area contributed by atoms with Crippen LogP contribution < -0.4 is 5.32 Å². The zero-order valence-electron chi connectivity index (χ0n) is 13.2. The van der Waals surface area contributed by atoms with Crippen molar-refractivity contribution in [2.75, 3.05) is 13.1 Å². The first-order valence-electron chi connectivity index (χ1n) is 7.76. The molecular weight excluding hydrogens is 284 g/mol. The molecule has 2 rings (SSSR count). The van der Waals surface area contributed by atoms with Gasteiger partial charge < -0.3 is 5.32 Å². The van der Waals surface area contributed by atoms with Gasteiger partial charge in [0, 0.05) is 25.7 Å². The van der Waals surface area contributed by atoms with E-state index in [9.17, 15) is 8.42 Å². The Morgan fingerprint density at radius 1 is 1.29 bits per heavy atom. The van der Waals surface area contributed by atoms with Gasteiger partial charge in [-0.3, -0.25) is 0 Å². The Morgan fingerprint density at radius 2 is 1.95 bits per heavy atom. The number of rotatable bonds is 8. The molecule has 0 saturated heterocycles. The van der Waals surface area contributed by atoms with Crippen molar-refractivity contribution in [3.63, 3.8) is 0 Å². The molecule has 0 atom stereocenters. The highest BCUT2D eigenvalue weighted by atomic mass is 32.2. The summed E-state index contributed by atoms with van der Waals surface area (Å²) in [5.74, 6) is 0.556. The van der Waals surface area contributed by atoms with Gasteiger partial charge in [-0.2, -0.15) is 4.31 Å². The highest BCUT2D eigenvalue weighted by Gasteiger charge is 2.31. The summed E-state index contributed by atoms with van der Waals surface area (Å²) in [5.41, 5.74) is 0.848. The molecule has 0 amide bonds. The quantitative estimate of drug-likeness (QED) is 0.803. The van der Waals surface area contributed by atoms with Gasteiger partial charge in [-0.1, -0.05) is 39.0 Å². The summed E-state index contributed by atoms with van der Waals surface area (Å²) in [6.45, 7) is 7.80. The molecule has 1 aromatic carbocycles. The maximum absolute atomic E-state index is 12.9. The normalized spacial score (nSPS) is 15.9. The molecule has 0 radical (unpaired) electrons. The third kappa shape index (κ3) is 4.28. The molecule has 5 heteroatoms. The fraction of sp³-hybridized carbons (Fsp3) is 0.625. The molecular formula is C16H26N2O2S. The van der Waals surface area contributed by atoms with Gasteiger partial charge in [0.1, 0.15) is 0 Å². The van der Waals surface area contributed by atoms with E-state index in [4.69, 9.17) is 0 Å². The first kappa shape index (κ1) is 16.5. The molecule has 0 aliphatic heterocycles. The SMILES string of the molecule is CCN(CC1CC1)S(=O)(=O)c1ccccc1CNC(C)C. The smallest absolute Gasteiger partial charge is 0.243 e. The molecule has 1 aromatic rings. The van der Waals surface area contributed by atoms with Gasteiger partial charge in [0.15, 0.2) is 0 Å². The molecule has 1 saturated carbocycles. The van der Waals surface area contributed by atoms with Crippen molar-refractivity contribution in [2.45, 2.75) is 51.1 Å².